The van der Waals surface area contributed by atoms with Crippen LogP contribution in [0.25, 0.3) is 5.82 Å². The minimum atomic E-state index is -3.80. The fourth-order valence-electron chi connectivity index (χ4n) is 3.70. The van der Waals surface area contributed by atoms with Crippen LogP contribution < -0.4 is 9.86 Å². The summed E-state index contributed by atoms with van der Waals surface area (Å²) < 4.78 is 28.8. The van der Waals surface area contributed by atoms with Crippen LogP contribution in [0, 0.1) is 0 Å². The van der Waals surface area contributed by atoms with Crippen LogP contribution in [0.4, 0.5) is 5.69 Å². The number of hydrogen-bond acceptors (Lipinski definition) is 5. The van der Waals surface area contributed by atoms with Crippen LogP contribution >= 0.6 is 0 Å². The summed E-state index contributed by atoms with van der Waals surface area (Å²) in [5, 5.41) is 3.04. The van der Waals surface area contributed by atoms with Crippen molar-refractivity contribution in [3.05, 3.63) is 70.3 Å². The van der Waals surface area contributed by atoms with Crippen molar-refractivity contribution >= 4 is 21.6 Å². The summed E-state index contributed by atoms with van der Waals surface area (Å²) in [4.78, 5) is 30.4. The lowest BCUT2D eigenvalue weighted by molar-refractivity contribution is -0.129. The van der Waals surface area contributed by atoms with Crippen LogP contribution in [0.1, 0.15) is 25.1 Å². The highest BCUT2D eigenvalue weighted by Crippen LogP contribution is 2.23. The minimum absolute atomic E-state index is 0.0362. The van der Waals surface area contributed by atoms with E-state index in [9.17, 15) is 18.0 Å². The van der Waals surface area contributed by atoms with E-state index in [1.165, 1.54) is 34.2 Å². The van der Waals surface area contributed by atoms with Crippen LogP contribution in [-0.2, 0) is 27.8 Å². The molecule has 1 aliphatic heterocycles. The first-order chi connectivity index (χ1) is 14.8. The SMILES string of the molecule is CCN(c1ccccc1)S(=O)(=O)c1ccc(-n2[nH]c3c(c2=O)CN(C(C)=O)CC3)nc1. The molecule has 3 heterocycles. The Morgan fingerprint density at radius 1 is 1.19 bits per heavy atom. The summed E-state index contributed by atoms with van der Waals surface area (Å²) in [5.41, 5.74) is 1.57. The maximum absolute atomic E-state index is 13.1. The molecule has 0 aliphatic carbocycles. The number of carbonyl (C=O) groups excluding carboxylic acids is 1. The van der Waals surface area contributed by atoms with E-state index >= 15 is 0 Å². The average Bonchev–Trinajstić information content (AvgIpc) is 3.11. The Morgan fingerprint density at radius 2 is 1.94 bits per heavy atom. The number of rotatable bonds is 5. The molecule has 31 heavy (non-hydrogen) atoms. The van der Waals surface area contributed by atoms with Gasteiger partial charge in [0, 0.05) is 38.3 Å². The van der Waals surface area contributed by atoms with Crippen molar-refractivity contribution in [3.8, 4) is 5.82 Å². The molecule has 0 atom stereocenters. The molecule has 0 saturated carbocycles. The topological polar surface area (TPSA) is 108 Å². The molecular weight excluding hydrogens is 418 g/mol. The van der Waals surface area contributed by atoms with Crippen LogP contribution in [-0.4, -0.2) is 47.1 Å². The molecule has 10 heteroatoms. The Labute approximate surface area is 180 Å². The van der Waals surface area contributed by atoms with Crippen molar-refractivity contribution in [1.29, 1.82) is 0 Å². The maximum atomic E-state index is 13.1. The minimum Gasteiger partial charge on any atom is -0.338 e. The molecule has 3 aromatic rings. The third-order valence-corrected chi connectivity index (χ3v) is 7.25. The lowest BCUT2D eigenvalue weighted by atomic mass is 10.1. The van der Waals surface area contributed by atoms with Gasteiger partial charge in [0.1, 0.15) is 4.90 Å². The number of aromatic nitrogens is 3. The second-order valence-corrected chi connectivity index (χ2v) is 9.12. The first-order valence-electron chi connectivity index (χ1n) is 9.95. The van der Waals surface area contributed by atoms with Gasteiger partial charge in [-0.25, -0.2) is 18.1 Å². The molecule has 1 N–H and O–H groups in total. The molecule has 0 unspecified atom stereocenters. The Bertz CT molecular complexity index is 1260. The molecule has 4 rings (SSSR count). The first-order valence-corrected chi connectivity index (χ1v) is 11.4. The Kier molecular flexibility index (Phi) is 5.40. The van der Waals surface area contributed by atoms with Gasteiger partial charge in [-0.3, -0.25) is 19.0 Å². The number of nitrogens with one attached hydrogen (secondary N) is 1. The van der Waals surface area contributed by atoms with E-state index in [1.54, 1.807) is 36.1 Å². The molecular formula is C21H23N5O4S. The second-order valence-electron chi connectivity index (χ2n) is 7.26. The number of sulfonamides is 1. The van der Waals surface area contributed by atoms with Gasteiger partial charge in [-0.1, -0.05) is 18.2 Å². The Balaban J connectivity index is 1.65. The van der Waals surface area contributed by atoms with Crippen molar-refractivity contribution in [2.45, 2.75) is 31.7 Å². The number of para-hydroxylation sites is 1. The van der Waals surface area contributed by atoms with Gasteiger partial charge >= 0.3 is 0 Å². The molecule has 162 valence electrons. The summed E-state index contributed by atoms with van der Waals surface area (Å²) in [6, 6.07) is 11.8. The number of nitrogens with zero attached hydrogens (tertiary/aromatic N) is 4. The first kappa shape index (κ1) is 20.9. The predicted molar refractivity (Wildman–Crippen MR) is 116 cm³/mol. The molecule has 1 amide bonds. The molecule has 0 spiro atoms. The van der Waals surface area contributed by atoms with Crippen molar-refractivity contribution in [2.75, 3.05) is 17.4 Å². The van der Waals surface area contributed by atoms with Crippen LogP contribution in [0.3, 0.4) is 0 Å². The molecule has 1 aliphatic rings. The van der Waals surface area contributed by atoms with Gasteiger partial charge in [0.05, 0.1) is 17.8 Å². The highest BCUT2D eigenvalue weighted by molar-refractivity contribution is 7.92. The number of aromatic amines is 1. The molecule has 1 aromatic carbocycles. The van der Waals surface area contributed by atoms with E-state index in [2.05, 4.69) is 10.1 Å². The number of amides is 1. The van der Waals surface area contributed by atoms with E-state index in [0.29, 0.717) is 24.2 Å². The van der Waals surface area contributed by atoms with Crippen molar-refractivity contribution in [1.82, 2.24) is 19.7 Å². The van der Waals surface area contributed by atoms with E-state index in [1.807, 2.05) is 6.07 Å². The van der Waals surface area contributed by atoms with Crippen molar-refractivity contribution in [3.63, 3.8) is 0 Å². The Morgan fingerprint density at radius 3 is 2.55 bits per heavy atom. The number of anilines is 1. The van der Waals surface area contributed by atoms with E-state index in [-0.39, 0.29) is 35.3 Å². The Hall–Kier alpha value is -3.40. The number of benzene rings is 1. The number of hydrogen-bond donors (Lipinski definition) is 1. The number of fused-ring (bicyclic) bond motifs is 1. The third-order valence-electron chi connectivity index (χ3n) is 5.37. The molecule has 0 bridgehead atoms. The molecule has 0 fully saturated rings. The summed E-state index contributed by atoms with van der Waals surface area (Å²) >= 11 is 0. The highest BCUT2D eigenvalue weighted by atomic mass is 32.2. The van der Waals surface area contributed by atoms with Crippen LogP contribution in [0.5, 0.6) is 0 Å². The largest absolute Gasteiger partial charge is 0.338 e. The molecule has 0 radical (unpaired) electrons. The normalized spacial score (nSPS) is 13.7. The summed E-state index contributed by atoms with van der Waals surface area (Å²) in [6.45, 7) is 4.30. The van der Waals surface area contributed by atoms with Gasteiger partial charge < -0.3 is 4.90 Å². The van der Waals surface area contributed by atoms with Gasteiger partial charge in [-0.05, 0) is 31.2 Å². The maximum Gasteiger partial charge on any atom is 0.277 e. The fourth-order valence-corrected chi connectivity index (χ4v) is 5.12. The fraction of sp³-hybridized carbons (Fsp3) is 0.286. The molecule has 0 saturated heterocycles. The van der Waals surface area contributed by atoms with E-state index in [4.69, 9.17) is 0 Å². The zero-order valence-corrected chi connectivity index (χ0v) is 18.1. The van der Waals surface area contributed by atoms with Gasteiger partial charge in [0.25, 0.3) is 15.6 Å². The smallest absolute Gasteiger partial charge is 0.277 e. The van der Waals surface area contributed by atoms with Gasteiger partial charge in [-0.2, -0.15) is 0 Å². The van der Waals surface area contributed by atoms with E-state index < -0.39 is 10.0 Å². The monoisotopic (exact) mass is 441 g/mol. The van der Waals surface area contributed by atoms with E-state index in [0.717, 1.165) is 5.69 Å². The number of H-pyrrole nitrogens is 1. The zero-order valence-electron chi connectivity index (χ0n) is 17.3. The lowest BCUT2D eigenvalue weighted by Crippen LogP contribution is -2.36. The quantitative estimate of drug-likeness (QED) is 0.648. The highest BCUT2D eigenvalue weighted by Gasteiger charge is 2.26. The van der Waals surface area contributed by atoms with Crippen molar-refractivity contribution < 1.29 is 13.2 Å². The zero-order chi connectivity index (χ0) is 22.2. The summed E-state index contributed by atoms with van der Waals surface area (Å²) in [6.07, 6.45) is 1.80. The van der Waals surface area contributed by atoms with Gasteiger partial charge in [0.15, 0.2) is 5.82 Å². The van der Waals surface area contributed by atoms with Crippen LogP contribution in [0.15, 0.2) is 58.4 Å². The number of carbonyl (C=O) groups is 1. The molecule has 2 aromatic heterocycles. The second kappa shape index (κ2) is 8.03. The average molecular weight is 442 g/mol. The third kappa shape index (κ3) is 3.74. The van der Waals surface area contributed by atoms with Crippen molar-refractivity contribution in [2.24, 2.45) is 0 Å². The van der Waals surface area contributed by atoms with Crippen LogP contribution in [0.2, 0.25) is 0 Å². The molecule has 9 nitrogen and oxygen atoms in total. The van der Waals surface area contributed by atoms with Gasteiger partial charge in [0.2, 0.25) is 5.91 Å². The summed E-state index contributed by atoms with van der Waals surface area (Å²) in [5.74, 6) is 0.208. The van der Waals surface area contributed by atoms with Gasteiger partial charge in [-0.15, -0.1) is 0 Å². The summed E-state index contributed by atoms with van der Waals surface area (Å²) in [7, 11) is -3.80. The predicted octanol–water partition coefficient (Wildman–Crippen LogP) is 1.68. The number of pyridine rings is 1. The standard InChI is InChI=1S/C21H23N5O4S/c1-3-25(16-7-5-4-6-8-16)31(29,30)17-9-10-20(22-13-17)26-21(28)18-14-24(15(2)27)12-11-19(18)23-26/h4-10,13,23H,3,11-12,14H2,1-2H3. The lowest BCUT2D eigenvalue weighted by Gasteiger charge is -2.24.